The van der Waals surface area contributed by atoms with Gasteiger partial charge in [0.1, 0.15) is 5.65 Å². The number of nitrogens with zero attached hydrogens (tertiary/aromatic N) is 2. The van der Waals surface area contributed by atoms with E-state index in [1.807, 2.05) is 6.20 Å². The largest absolute Gasteiger partial charge is 0.293 e. The van der Waals surface area contributed by atoms with E-state index in [0.717, 1.165) is 5.65 Å². The Hall–Kier alpha value is -2.61. The summed E-state index contributed by atoms with van der Waals surface area (Å²) >= 11 is 0. The summed E-state index contributed by atoms with van der Waals surface area (Å²) in [5, 5.41) is 2.56. The first-order valence-corrected chi connectivity index (χ1v) is 9.75. The number of fused-ring (bicyclic) bond motifs is 5. The van der Waals surface area contributed by atoms with Gasteiger partial charge in [-0.2, -0.15) is 0 Å². The summed E-state index contributed by atoms with van der Waals surface area (Å²) in [6.45, 7) is 13.8. The Morgan fingerprint density at radius 3 is 2.44 bits per heavy atom. The van der Waals surface area contributed by atoms with Crippen LogP contribution in [0.3, 0.4) is 0 Å². The molecule has 136 valence electrons. The van der Waals surface area contributed by atoms with Gasteiger partial charge in [0.2, 0.25) is 0 Å². The molecule has 0 saturated heterocycles. The smallest absolute Gasteiger partial charge is 0.145 e. The fraction of sp³-hybridized carbons (Fsp3) is 0.320. The van der Waals surface area contributed by atoms with Gasteiger partial charge < -0.3 is 0 Å². The molecule has 2 heteroatoms. The monoisotopic (exact) mass is 354 g/mol. The fourth-order valence-corrected chi connectivity index (χ4v) is 4.62. The van der Waals surface area contributed by atoms with E-state index in [1.165, 1.54) is 44.2 Å². The SMILES string of the molecule is Cc1ccc2c(c1)-n1c3ncccc3c3cc(C(C)(C)C)cc(c31)C2(C)C. The molecule has 0 saturated carbocycles. The molecule has 5 rings (SSSR count). The van der Waals surface area contributed by atoms with Crippen LogP contribution in [0.4, 0.5) is 0 Å². The maximum atomic E-state index is 4.80. The van der Waals surface area contributed by atoms with Gasteiger partial charge in [0, 0.05) is 22.4 Å². The highest BCUT2D eigenvalue weighted by molar-refractivity contribution is 6.10. The van der Waals surface area contributed by atoms with Gasteiger partial charge in [-0.1, -0.05) is 52.8 Å². The van der Waals surface area contributed by atoms with E-state index in [1.54, 1.807) is 0 Å². The van der Waals surface area contributed by atoms with Crippen LogP contribution in [0.1, 0.15) is 56.9 Å². The summed E-state index contributed by atoms with van der Waals surface area (Å²) in [6, 6.07) is 15.9. The molecule has 27 heavy (non-hydrogen) atoms. The number of aromatic nitrogens is 2. The third-order valence-corrected chi connectivity index (χ3v) is 6.23. The minimum Gasteiger partial charge on any atom is -0.293 e. The highest BCUT2D eigenvalue weighted by atomic mass is 15.1. The van der Waals surface area contributed by atoms with Gasteiger partial charge in [-0.15, -0.1) is 0 Å². The van der Waals surface area contributed by atoms with Crippen LogP contribution in [0, 0.1) is 6.92 Å². The molecule has 0 N–H and O–H groups in total. The van der Waals surface area contributed by atoms with Crippen LogP contribution in [0.15, 0.2) is 48.7 Å². The summed E-state index contributed by atoms with van der Waals surface area (Å²) in [5.74, 6) is 0. The number of hydrogen-bond acceptors (Lipinski definition) is 1. The molecule has 0 bridgehead atoms. The zero-order chi connectivity index (χ0) is 19.1. The van der Waals surface area contributed by atoms with Crippen LogP contribution < -0.4 is 0 Å². The molecule has 3 heterocycles. The van der Waals surface area contributed by atoms with E-state index in [0.29, 0.717) is 0 Å². The van der Waals surface area contributed by atoms with E-state index in [9.17, 15) is 0 Å². The first-order valence-electron chi connectivity index (χ1n) is 9.75. The zero-order valence-electron chi connectivity index (χ0n) is 17.0. The molecule has 0 fully saturated rings. The quantitative estimate of drug-likeness (QED) is 0.356. The van der Waals surface area contributed by atoms with Crippen molar-refractivity contribution in [3.05, 3.63) is 70.9 Å². The van der Waals surface area contributed by atoms with Crippen molar-refractivity contribution in [2.45, 2.75) is 52.4 Å². The van der Waals surface area contributed by atoms with Crippen molar-refractivity contribution in [3.8, 4) is 5.69 Å². The molecular weight excluding hydrogens is 328 g/mol. The van der Waals surface area contributed by atoms with E-state index in [2.05, 4.69) is 88.6 Å². The van der Waals surface area contributed by atoms with E-state index in [-0.39, 0.29) is 10.8 Å². The lowest BCUT2D eigenvalue weighted by Crippen LogP contribution is -2.27. The van der Waals surface area contributed by atoms with Crippen LogP contribution in [0.5, 0.6) is 0 Å². The van der Waals surface area contributed by atoms with Gasteiger partial charge in [0.05, 0.1) is 11.2 Å². The van der Waals surface area contributed by atoms with Crippen LogP contribution in [0.25, 0.3) is 27.6 Å². The van der Waals surface area contributed by atoms with Crippen molar-refractivity contribution < 1.29 is 0 Å². The van der Waals surface area contributed by atoms with Crippen molar-refractivity contribution in [2.75, 3.05) is 0 Å². The Morgan fingerprint density at radius 2 is 1.70 bits per heavy atom. The van der Waals surface area contributed by atoms with Crippen LogP contribution >= 0.6 is 0 Å². The van der Waals surface area contributed by atoms with Crippen molar-refractivity contribution in [2.24, 2.45) is 0 Å². The molecule has 0 atom stereocenters. The van der Waals surface area contributed by atoms with Crippen LogP contribution in [-0.2, 0) is 10.8 Å². The Labute approximate surface area is 160 Å². The predicted molar refractivity (Wildman–Crippen MR) is 114 cm³/mol. The van der Waals surface area contributed by atoms with Gasteiger partial charge in [-0.3, -0.25) is 4.57 Å². The molecule has 1 aliphatic heterocycles. The third kappa shape index (κ3) is 2.10. The second kappa shape index (κ2) is 5.01. The average Bonchev–Trinajstić information content (AvgIpc) is 2.93. The zero-order valence-corrected chi connectivity index (χ0v) is 17.0. The van der Waals surface area contributed by atoms with E-state index in [4.69, 9.17) is 4.98 Å². The van der Waals surface area contributed by atoms with Gasteiger partial charge in [0.15, 0.2) is 0 Å². The Morgan fingerprint density at radius 1 is 0.926 bits per heavy atom. The summed E-state index contributed by atoms with van der Waals surface area (Å²) < 4.78 is 2.39. The molecule has 2 aromatic heterocycles. The van der Waals surface area contributed by atoms with Gasteiger partial charge in [0.25, 0.3) is 0 Å². The summed E-state index contributed by atoms with van der Waals surface area (Å²) in [4.78, 5) is 4.80. The molecular formula is C25H26N2. The summed E-state index contributed by atoms with van der Waals surface area (Å²) in [5.41, 5.74) is 9.14. The Bertz CT molecular complexity index is 1230. The molecule has 0 spiro atoms. The molecule has 4 aromatic rings. The molecule has 0 amide bonds. The van der Waals surface area contributed by atoms with Crippen molar-refractivity contribution in [1.29, 1.82) is 0 Å². The standard InChI is InChI=1S/C25H26N2/c1-15-9-10-19-21(12-15)27-22-18(17-8-7-11-26-23(17)27)13-16(24(2,3)4)14-20(22)25(19,5)6/h7-14H,1-6H3. The summed E-state index contributed by atoms with van der Waals surface area (Å²) in [6.07, 6.45) is 1.91. The molecule has 0 aliphatic carbocycles. The molecule has 2 nitrogen and oxygen atoms in total. The number of hydrogen-bond donors (Lipinski definition) is 0. The minimum absolute atomic E-state index is 0.0487. The van der Waals surface area contributed by atoms with Crippen LogP contribution in [-0.4, -0.2) is 9.55 Å². The topological polar surface area (TPSA) is 17.8 Å². The predicted octanol–water partition coefficient (Wildman–Crippen LogP) is 6.42. The van der Waals surface area contributed by atoms with Crippen molar-refractivity contribution in [1.82, 2.24) is 9.55 Å². The fourth-order valence-electron chi connectivity index (χ4n) is 4.62. The van der Waals surface area contributed by atoms with Gasteiger partial charge >= 0.3 is 0 Å². The number of rotatable bonds is 0. The second-order valence-corrected chi connectivity index (χ2v) is 9.53. The normalized spacial score (nSPS) is 15.3. The van der Waals surface area contributed by atoms with E-state index >= 15 is 0 Å². The van der Waals surface area contributed by atoms with Gasteiger partial charge in [-0.25, -0.2) is 4.98 Å². The lowest BCUT2D eigenvalue weighted by molar-refractivity contribution is 0.582. The average molecular weight is 354 g/mol. The lowest BCUT2D eigenvalue weighted by atomic mass is 9.72. The highest BCUT2D eigenvalue weighted by Crippen LogP contribution is 2.48. The number of aryl methyl sites for hydroxylation is 1. The van der Waals surface area contributed by atoms with Crippen molar-refractivity contribution in [3.63, 3.8) is 0 Å². The third-order valence-electron chi connectivity index (χ3n) is 6.23. The first kappa shape index (κ1) is 16.6. The Kier molecular flexibility index (Phi) is 3.07. The highest BCUT2D eigenvalue weighted by Gasteiger charge is 2.36. The molecule has 1 aliphatic rings. The van der Waals surface area contributed by atoms with Crippen molar-refractivity contribution >= 4 is 21.9 Å². The number of benzene rings is 2. The maximum absolute atomic E-state index is 4.80. The second-order valence-electron chi connectivity index (χ2n) is 9.53. The van der Waals surface area contributed by atoms with Crippen LogP contribution in [0.2, 0.25) is 0 Å². The number of pyridine rings is 1. The molecule has 2 aromatic carbocycles. The minimum atomic E-state index is -0.0487. The summed E-state index contributed by atoms with van der Waals surface area (Å²) in [7, 11) is 0. The van der Waals surface area contributed by atoms with Gasteiger partial charge in [-0.05, 0) is 58.9 Å². The Balaban J connectivity index is 2.08. The molecule has 0 unspecified atom stereocenters. The van der Waals surface area contributed by atoms with E-state index < -0.39 is 0 Å². The molecule has 0 radical (unpaired) electrons. The lowest BCUT2D eigenvalue weighted by Gasteiger charge is -2.36. The maximum Gasteiger partial charge on any atom is 0.145 e. The first-order chi connectivity index (χ1) is 12.7.